The van der Waals surface area contributed by atoms with Gasteiger partial charge in [0.15, 0.2) is 0 Å². The third kappa shape index (κ3) is 6.67. The Balaban J connectivity index is 1.21. The second kappa shape index (κ2) is 15.7. The van der Waals surface area contributed by atoms with Crippen LogP contribution in [0.2, 0.25) is 39.3 Å². The molecule has 0 saturated heterocycles. The second-order valence-corrected chi connectivity index (χ2v) is 30.2. The van der Waals surface area contributed by atoms with E-state index in [9.17, 15) is 10.5 Å². The van der Waals surface area contributed by atoms with Gasteiger partial charge in [-0.2, -0.15) is 10.5 Å². The average Bonchev–Trinajstić information content (AvgIpc) is 3.64. The van der Waals surface area contributed by atoms with Crippen molar-refractivity contribution in [2.24, 2.45) is 0 Å². The molecule has 0 atom stereocenters. The number of hydrogen-bond acceptors (Lipinski definition) is 4. The van der Waals surface area contributed by atoms with Gasteiger partial charge >= 0.3 is 0 Å². The summed E-state index contributed by atoms with van der Waals surface area (Å²) >= 11 is 0. The van der Waals surface area contributed by atoms with Crippen LogP contribution in [0.5, 0.6) is 0 Å². The van der Waals surface area contributed by atoms with Gasteiger partial charge in [-0.25, -0.2) is 0 Å². The van der Waals surface area contributed by atoms with Crippen LogP contribution in [-0.4, -0.2) is 16.1 Å². The maximum Gasteiger partial charge on any atom is 0.0992 e. The molecule has 9 aromatic carbocycles. The Bertz CT molecular complexity index is 3480. The van der Waals surface area contributed by atoms with Crippen LogP contribution in [0.4, 0.5) is 34.1 Å². The van der Waals surface area contributed by atoms with Crippen molar-refractivity contribution in [1.29, 1.82) is 10.5 Å². The summed E-state index contributed by atoms with van der Waals surface area (Å²) in [4.78, 5) is 4.65. The van der Waals surface area contributed by atoms with E-state index in [2.05, 4.69) is 219 Å². The van der Waals surface area contributed by atoms with Crippen LogP contribution in [0.3, 0.4) is 0 Å². The minimum atomic E-state index is -1.57. The largest absolute Gasteiger partial charge is 0.310 e. The summed E-state index contributed by atoms with van der Waals surface area (Å²) in [5, 5.41) is 25.4. The fourth-order valence-corrected chi connectivity index (χ4v) is 13.2. The van der Waals surface area contributed by atoms with Crippen LogP contribution in [0.25, 0.3) is 33.0 Å². The van der Waals surface area contributed by atoms with E-state index in [1.807, 2.05) is 36.4 Å². The van der Waals surface area contributed by atoms with E-state index in [1.54, 1.807) is 0 Å². The van der Waals surface area contributed by atoms with Gasteiger partial charge in [0, 0.05) is 33.8 Å². The lowest BCUT2D eigenvalue weighted by atomic mass is 9.61. The van der Waals surface area contributed by atoms with Crippen molar-refractivity contribution in [2.45, 2.75) is 44.7 Å². The molecule has 0 aliphatic heterocycles. The Kier molecular flexibility index (Phi) is 9.83. The van der Waals surface area contributed by atoms with Crippen molar-refractivity contribution in [2.75, 3.05) is 9.80 Å². The fraction of sp³-hybridized carbons (Fsp3) is 0.115. The topological polar surface area (TPSA) is 54.1 Å². The molecule has 0 aromatic heterocycles. The van der Waals surface area contributed by atoms with Crippen LogP contribution < -0.4 is 20.2 Å². The molecule has 67 heavy (non-hydrogen) atoms. The van der Waals surface area contributed by atoms with E-state index in [1.165, 1.54) is 60.3 Å². The van der Waals surface area contributed by atoms with Gasteiger partial charge in [-0.3, -0.25) is 0 Å². The summed E-state index contributed by atoms with van der Waals surface area (Å²) in [5.41, 5.74) is 16.4. The summed E-state index contributed by atoms with van der Waals surface area (Å²) in [7, 11) is -3.14. The molecule has 4 nitrogen and oxygen atoms in total. The van der Waals surface area contributed by atoms with Crippen LogP contribution in [-0.2, 0) is 5.41 Å². The highest BCUT2D eigenvalue weighted by Crippen LogP contribution is 2.63. The van der Waals surface area contributed by atoms with E-state index < -0.39 is 21.6 Å². The molecule has 0 fully saturated rings. The molecule has 11 rings (SSSR count). The molecule has 9 aromatic rings. The number of nitrogens with zero attached hydrogens (tertiary/aromatic N) is 4. The highest BCUT2D eigenvalue weighted by Gasteiger charge is 2.50. The van der Waals surface area contributed by atoms with Crippen molar-refractivity contribution in [3.8, 4) is 34.4 Å². The van der Waals surface area contributed by atoms with E-state index >= 15 is 0 Å². The van der Waals surface area contributed by atoms with Crippen LogP contribution in [0.1, 0.15) is 33.4 Å². The third-order valence-corrected chi connectivity index (χ3v) is 18.2. The lowest BCUT2D eigenvalue weighted by Gasteiger charge is -2.41. The second-order valence-electron chi connectivity index (χ2n) is 20.0. The Morgan fingerprint density at radius 3 is 1.37 bits per heavy atom. The first kappa shape index (κ1) is 41.9. The summed E-state index contributed by atoms with van der Waals surface area (Å²) in [5.74, 6) is 0. The number of fused-ring (bicyclic) bond motifs is 9. The standard InChI is InChI=1S/C61H50N4Si2/c1-66(2,3)48-29-24-43(25-30-48)64(45-16-11-14-41(36-45)39-62)47-28-33-52-53-34-35-59(65(46-17-12-15-42(37-46)40-63)44-26-31-49(32-27-44)67(4,5)6)54-20-13-23-57(60(53)54)61(58(52)38-47)55-21-9-7-18-50(55)51-19-8-10-22-56(51)61/h7-38H,1-6H3. The lowest BCUT2D eigenvalue weighted by Crippen LogP contribution is -2.37. The van der Waals surface area contributed by atoms with Gasteiger partial charge in [-0.05, 0) is 129 Å². The van der Waals surface area contributed by atoms with Crippen LogP contribution in [0, 0.1) is 22.7 Å². The highest BCUT2D eigenvalue weighted by molar-refractivity contribution is 6.89. The van der Waals surface area contributed by atoms with Crippen LogP contribution in [0.15, 0.2) is 194 Å². The molecule has 0 amide bonds. The quantitative estimate of drug-likeness (QED) is 0.143. The molecule has 1 spiro atoms. The van der Waals surface area contributed by atoms with Gasteiger partial charge < -0.3 is 9.80 Å². The molecule has 6 heteroatoms. The minimum Gasteiger partial charge on any atom is -0.310 e. The van der Waals surface area contributed by atoms with Gasteiger partial charge in [0.1, 0.15) is 0 Å². The molecule has 0 radical (unpaired) electrons. The number of benzene rings is 9. The Hall–Kier alpha value is -7.75. The number of anilines is 6. The Labute approximate surface area is 396 Å². The van der Waals surface area contributed by atoms with Gasteiger partial charge in [-0.15, -0.1) is 0 Å². The smallest absolute Gasteiger partial charge is 0.0992 e. The Morgan fingerprint density at radius 2 is 0.821 bits per heavy atom. The van der Waals surface area contributed by atoms with E-state index in [-0.39, 0.29) is 0 Å². The van der Waals surface area contributed by atoms with Crippen molar-refractivity contribution in [3.63, 3.8) is 0 Å². The maximum atomic E-state index is 10.1. The van der Waals surface area contributed by atoms with Gasteiger partial charge in [0.05, 0.1) is 50.5 Å². The zero-order valence-corrected chi connectivity index (χ0v) is 40.8. The van der Waals surface area contributed by atoms with E-state index in [4.69, 9.17) is 0 Å². The fourth-order valence-electron chi connectivity index (χ4n) is 10.8. The van der Waals surface area contributed by atoms with Crippen molar-refractivity contribution in [3.05, 3.63) is 228 Å². The highest BCUT2D eigenvalue weighted by atomic mass is 28.3. The molecule has 0 bridgehead atoms. The van der Waals surface area contributed by atoms with Gasteiger partial charge in [0.25, 0.3) is 0 Å². The summed E-state index contributed by atoms with van der Waals surface area (Å²) in [6.07, 6.45) is 0. The zero-order valence-electron chi connectivity index (χ0n) is 38.8. The van der Waals surface area contributed by atoms with Gasteiger partial charge in [0.2, 0.25) is 0 Å². The summed E-state index contributed by atoms with van der Waals surface area (Å²) in [6, 6.07) is 75.3. The number of hydrogen-bond donors (Lipinski definition) is 0. The molecule has 0 N–H and O–H groups in total. The van der Waals surface area contributed by atoms with Crippen molar-refractivity contribution >= 4 is 71.4 Å². The molecule has 0 heterocycles. The predicted molar refractivity (Wildman–Crippen MR) is 285 cm³/mol. The van der Waals surface area contributed by atoms with E-state index in [0.717, 1.165) is 39.5 Å². The first-order valence-electron chi connectivity index (χ1n) is 23.1. The number of nitriles is 2. The summed E-state index contributed by atoms with van der Waals surface area (Å²) in [6.45, 7) is 14.3. The molecular formula is C61H50N4Si2. The normalized spacial score (nSPS) is 13.0. The minimum absolute atomic E-state index is 0.617. The molecule has 2 aliphatic rings. The zero-order chi connectivity index (χ0) is 46.2. The first-order chi connectivity index (χ1) is 32.4. The van der Waals surface area contributed by atoms with Crippen molar-refractivity contribution in [1.82, 2.24) is 0 Å². The maximum absolute atomic E-state index is 10.1. The van der Waals surface area contributed by atoms with Gasteiger partial charge in [-0.1, -0.05) is 165 Å². The lowest BCUT2D eigenvalue weighted by molar-refractivity contribution is 0.773. The molecule has 2 aliphatic carbocycles. The van der Waals surface area contributed by atoms with Crippen LogP contribution >= 0.6 is 0 Å². The predicted octanol–water partition coefficient (Wildman–Crippen LogP) is 15.0. The van der Waals surface area contributed by atoms with E-state index in [0.29, 0.717) is 11.1 Å². The molecule has 0 saturated carbocycles. The first-order valence-corrected chi connectivity index (χ1v) is 30.1. The molecule has 0 unspecified atom stereocenters. The van der Waals surface area contributed by atoms with Crippen molar-refractivity contribution < 1.29 is 0 Å². The monoisotopic (exact) mass is 894 g/mol. The Morgan fingerprint density at radius 1 is 0.373 bits per heavy atom. The SMILES string of the molecule is C[Si](C)(C)c1ccc(N(c2cccc(C#N)c2)c2ccc3c(c2)C2(c4ccccc4-c4ccccc42)c2cccc4c(N(c5ccc([Si](C)(C)C)cc5)c5cccc(C#N)c5)ccc-3c24)cc1. The third-order valence-electron chi connectivity index (χ3n) is 14.0. The molecule has 322 valence electrons. The summed E-state index contributed by atoms with van der Waals surface area (Å²) < 4.78 is 0. The number of rotatable bonds is 8. The molecular weight excluding hydrogens is 845 g/mol. The average molecular weight is 895 g/mol.